The van der Waals surface area contributed by atoms with Crippen LogP contribution in [0.4, 0.5) is 8.78 Å². The molecule has 184 valence electrons. The maximum absolute atomic E-state index is 14.1. The third kappa shape index (κ3) is 4.43. The molecule has 3 heterocycles. The minimum atomic E-state index is -0.849. The molecule has 0 saturated heterocycles. The van der Waals surface area contributed by atoms with Gasteiger partial charge in [0.1, 0.15) is 22.7 Å². The number of aromatic nitrogens is 2. The van der Waals surface area contributed by atoms with E-state index >= 15 is 0 Å². The third-order valence-corrected chi connectivity index (χ3v) is 6.92. The number of thiazole rings is 1. The molecule has 0 aliphatic carbocycles. The fraction of sp³-hybridized carbons (Fsp3) is 0.333. The number of benzene rings is 1. The Labute approximate surface area is 204 Å². The highest BCUT2D eigenvalue weighted by molar-refractivity contribution is 7.15. The minimum Gasteiger partial charge on any atom is -0.503 e. The molecule has 4 rings (SSSR count). The summed E-state index contributed by atoms with van der Waals surface area (Å²) in [5.74, 6) is -2.97. The van der Waals surface area contributed by atoms with Crippen molar-refractivity contribution in [2.75, 3.05) is 20.6 Å². The molecule has 0 saturated carbocycles. The molecule has 2 aromatic heterocycles. The number of likely N-dealkylation sites (N-methyl/N-ethyl adjacent to an activating group) is 1. The van der Waals surface area contributed by atoms with Gasteiger partial charge in [-0.05, 0) is 25.5 Å². The van der Waals surface area contributed by atoms with Crippen molar-refractivity contribution < 1.29 is 23.5 Å². The van der Waals surface area contributed by atoms with Crippen molar-refractivity contribution in [3.05, 3.63) is 68.6 Å². The van der Waals surface area contributed by atoms with E-state index in [1.807, 2.05) is 0 Å². The zero-order valence-electron chi connectivity index (χ0n) is 19.6. The summed E-state index contributed by atoms with van der Waals surface area (Å²) in [7, 11) is 3.17. The molecule has 1 atom stereocenters. The predicted octanol–water partition coefficient (Wildman–Crippen LogP) is 3.04. The number of aromatic hydroxyl groups is 1. The summed E-state index contributed by atoms with van der Waals surface area (Å²) < 4.78 is 28.6. The predicted molar refractivity (Wildman–Crippen MR) is 127 cm³/mol. The molecule has 1 aliphatic rings. The van der Waals surface area contributed by atoms with Crippen molar-refractivity contribution in [2.45, 2.75) is 32.4 Å². The molecule has 3 aromatic rings. The minimum absolute atomic E-state index is 0.0180. The van der Waals surface area contributed by atoms with Gasteiger partial charge in [-0.25, -0.2) is 13.8 Å². The molecule has 35 heavy (non-hydrogen) atoms. The molecule has 0 spiro atoms. The molecule has 1 aliphatic heterocycles. The Hall–Kier alpha value is -3.60. The fourth-order valence-electron chi connectivity index (χ4n) is 4.03. The maximum atomic E-state index is 14.1. The first kappa shape index (κ1) is 24.5. The summed E-state index contributed by atoms with van der Waals surface area (Å²) in [6, 6.07) is 2.19. The fourth-order valence-corrected chi connectivity index (χ4v) is 4.97. The van der Waals surface area contributed by atoms with Crippen LogP contribution in [0.2, 0.25) is 0 Å². The van der Waals surface area contributed by atoms with Gasteiger partial charge in [-0.15, -0.1) is 11.3 Å². The number of carbonyl (C=O) groups excluding carboxylic acids is 2. The van der Waals surface area contributed by atoms with Gasteiger partial charge in [0.15, 0.2) is 11.4 Å². The van der Waals surface area contributed by atoms with Gasteiger partial charge in [0.25, 0.3) is 5.91 Å². The van der Waals surface area contributed by atoms with Gasteiger partial charge in [0, 0.05) is 49.9 Å². The molecular formula is C24H24F2N4O4S. The molecule has 0 fully saturated rings. The summed E-state index contributed by atoms with van der Waals surface area (Å²) in [6.45, 7) is 3.65. The number of hydrogen-bond donors (Lipinski definition) is 1. The van der Waals surface area contributed by atoms with Crippen molar-refractivity contribution in [1.82, 2.24) is 19.4 Å². The highest BCUT2D eigenvalue weighted by Gasteiger charge is 2.39. The Morgan fingerprint density at radius 3 is 2.63 bits per heavy atom. The molecular weight excluding hydrogens is 478 g/mol. The first-order chi connectivity index (χ1) is 16.5. The molecule has 1 N–H and O–H groups in total. The topological polar surface area (TPSA) is 95.7 Å². The Kier molecular flexibility index (Phi) is 6.46. The number of pyridine rings is 1. The van der Waals surface area contributed by atoms with Crippen LogP contribution in [0, 0.1) is 11.6 Å². The van der Waals surface area contributed by atoms with Gasteiger partial charge in [0.2, 0.25) is 11.3 Å². The van der Waals surface area contributed by atoms with Crippen molar-refractivity contribution in [3.8, 4) is 16.3 Å². The Balaban J connectivity index is 1.79. The molecule has 1 aromatic carbocycles. The second-order valence-electron chi connectivity index (χ2n) is 8.82. The zero-order valence-corrected chi connectivity index (χ0v) is 20.4. The van der Waals surface area contributed by atoms with Crippen molar-refractivity contribution in [3.63, 3.8) is 0 Å². The first-order valence-electron chi connectivity index (χ1n) is 10.9. The van der Waals surface area contributed by atoms with Crippen LogP contribution >= 0.6 is 11.3 Å². The lowest BCUT2D eigenvalue weighted by Crippen LogP contribution is -2.51. The van der Waals surface area contributed by atoms with Crippen LogP contribution < -0.4 is 5.43 Å². The van der Waals surface area contributed by atoms with Gasteiger partial charge >= 0.3 is 0 Å². The van der Waals surface area contributed by atoms with E-state index in [1.54, 1.807) is 27.9 Å². The van der Waals surface area contributed by atoms with Crippen molar-refractivity contribution >= 4 is 23.2 Å². The molecule has 2 amide bonds. The summed E-state index contributed by atoms with van der Waals surface area (Å²) in [4.78, 5) is 46.8. The van der Waals surface area contributed by atoms with Gasteiger partial charge in [-0.2, -0.15) is 0 Å². The van der Waals surface area contributed by atoms with Gasteiger partial charge in [-0.3, -0.25) is 14.4 Å². The molecule has 1 unspecified atom stereocenters. The zero-order chi connectivity index (χ0) is 25.6. The Morgan fingerprint density at radius 1 is 1.29 bits per heavy atom. The lowest BCUT2D eigenvalue weighted by Gasteiger charge is -2.38. The van der Waals surface area contributed by atoms with Crippen LogP contribution in [0.15, 0.2) is 35.4 Å². The van der Waals surface area contributed by atoms with E-state index < -0.39 is 34.8 Å². The summed E-state index contributed by atoms with van der Waals surface area (Å²) in [6.07, 6.45) is 2.98. The number of fused-ring (bicyclic) bond motifs is 1. The van der Waals surface area contributed by atoms with Crippen molar-refractivity contribution in [2.24, 2.45) is 0 Å². The third-order valence-electron chi connectivity index (χ3n) is 5.89. The van der Waals surface area contributed by atoms with E-state index in [4.69, 9.17) is 0 Å². The second-order valence-corrected chi connectivity index (χ2v) is 9.94. The lowest BCUT2D eigenvalue weighted by molar-refractivity contribution is -0.133. The number of hydrogen-bond acceptors (Lipinski definition) is 6. The highest BCUT2D eigenvalue weighted by atomic mass is 32.1. The van der Waals surface area contributed by atoms with Crippen LogP contribution in [0.3, 0.4) is 0 Å². The number of rotatable bonds is 5. The van der Waals surface area contributed by atoms with Crippen molar-refractivity contribution in [1.29, 1.82) is 0 Å². The van der Waals surface area contributed by atoms with E-state index in [9.17, 15) is 28.3 Å². The molecule has 0 bridgehead atoms. The van der Waals surface area contributed by atoms with Crippen LogP contribution in [-0.4, -0.2) is 63.0 Å². The van der Waals surface area contributed by atoms with E-state index in [0.29, 0.717) is 4.88 Å². The number of carbonyl (C=O) groups is 2. The monoisotopic (exact) mass is 502 g/mol. The number of nitrogens with zero attached hydrogens (tertiary/aromatic N) is 4. The first-order valence-corrected chi connectivity index (χ1v) is 11.7. The smallest absolute Gasteiger partial charge is 0.274 e. The van der Waals surface area contributed by atoms with Gasteiger partial charge in [-0.1, -0.05) is 6.07 Å². The number of amides is 2. The summed E-state index contributed by atoms with van der Waals surface area (Å²) in [5, 5.41) is 11.0. The average Bonchev–Trinajstić information content (AvgIpc) is 3.25. The normalized spacial score (nSPS) is 15.5. The lowest BCUT2D eigenvalue weighted by atomic mass is 10.1. The van der Waals surface area contributed by atoms with E-state index in [2.05, 4.69) is 4.98 Å². The number of halogens is 2. The van der Waals surface area contributed by atoms with Crippen LogP contribution in [0.5, 0.6) is 5.75 Å². The maximum Gasteiger partial charge on any atom is 0.274 e. The van der Waals surface area contributed by atoms with Crippen LogP contribution in [0.1, 0.15) is 40.8 Å². The second kappa shape index (κ2) is 9.21. The molecule has 11 heteroatoms. The van der Waals surface area contributed by atoms with E-state index in [1.165, 1.54) is 32.8 Å². The van der Waals surface area contributed by atoms with Crippen LogP contribution in [0.25, 0.3) is 10.6 Å². The van der Waals surface area contributed by atoms with E-state index in [-0.39, 0.29) is 46.7 Å². The summed E-state index contributed by atoms with van der Waals surface area (Å²) >= 11 is 1.10. The summed E-state index contributed by atoms with van der Waals surface area (Å²) in [5.41, 5.74) is -0.753. The van der Waals surface area contributed by atoms with Gasteiger partial charge < -0.3 is 19.5 Å². The van der Waals surface area contributed by atoms with Crippen LogP contribution in [-0.2, 0) is 11.2 Å². The standard InChI is InChI=1S/C24H24F2N4O4S/c1-12(2)29-11-18(23(33)28(3)4)30-10-16(20(31)21(32)19(30)24(29)34)22-27-9-15(35-22)7-13-5-6-14(25)8-17(13)26/h5-6,8-10,12,18,32H,7,11H2,1-4H3. The SMILES string of the molecule is CC(C)N1CC(C(=O)N(C)C)n2cc(-c3ncc(Cc4ccc(F)cc4F)s3)c(=O)c(O)c2C1=O. The van der Waals surface area contributed by atoms with Gasteiger partial charge in [0.05, 0.1) is 12.1 Å². The average molecular weight is 503 g/mol. The molecule has 8 nitrogen and oxygen atoms in total. The van der Waals surface area contributed by atoms with E-state index in [0.717, 1.165) is 23.5 Å². The largest absolute Gasteiger partial charge is 0.503 e. The quantitative estimate of drug-likeness (QED) is 0.579. The molecule has 0 radical (unpaired) electrons. The Bertz CT molecular complexity index is 1380. The highest BCUT2D eigenvalue weighted by Crippen LogP contribution is 2.33. The Morgan fingerprint density at radius 2 is 2.00 bits per heavy atom.